The first-order chi connectivity index (χ1) is 8.49. The van der Waals surface area contributed by atoms with Gasteiger partial charge in [0.15, 0.2) is 0 Å². The highest BCUT2D eigenvalue weighted by molar-refractivity contribution is 9.10. The summed E-state index contributed by atoms with van der Waals surface area (Å²) in [5.41, 5.74) is 8.92. The highest BCUT2D eigenvalue weighted by Gasteiger charge is 2.14. The van der Waals surface area contributed by atoms with Crippen molar-refractivity contribution < 1.29 is 4.79 Å². The summed E-state index contributed by atoms with van der Waals surface area (Å²) in [6.07, 6.45) is 0.230. The van der Waals surface area contributed by atoms with Gasteiger partial charge in [-0.05, 0) is 38.1 Å². The van der Waals surface area contributed by atoms with E-state index in [4.69, 9.17) is 5.73 Å². The molecule has 0 fully saturated rings. The molecular formula is C13H14BrN3O. The van der Waals surface area contributed by atoms with Crippen molar-refractivity contribution in [1.29, 1.82) is 0 Å². The van der Waals surface area contributed by atoms with Crippen LogP contribution in [0.25, 0.3) is 5.69 Å². The van der Waals surface area contributed by atoms with Crippen LogP contribution in [0.15, 0.2) is 28.7 Å². The van der Waals surface area contributed by atoms with Crippen molar-refractivity contribution in [2.24, 2.45) is 5.73 Å². The number of nitrogens with two attached hydrogens (primary N) is 1. The average Bonchev–Trinajstić information content (AvgIpc) is 2.58. The number of nitrogens with zero attached hydrogens (tertiary/aromatic N) is 2. The smallest absolute Gasteiger partial charge is 0.221 e. The Morgan fingerprint density at radius 3 is 2.50 bits per heavy atom. The third kappa shape index (κ3) is 2.46. The number of carbonyl (C=O) groups is 1. The quantitative estimate of drug-likeness (QED) is 0.945. The highest BCUT2D eigenvalue weighted by Crippen LogP contribution is 2.20. The summed E-state index contributed by atoms with van der Waals surface area (Å²) in [6.45, 7) is 3.83. The van der Waals surface area contributed by atoms with E-state index < -0.39 is 0 Å². The van der Waals surface area contributed by atoms with Crippen molar-refractivity contribution in [1.82, 2.24) is 9.78 Å². The molecule has 1 amide bonds. The van der Waals surface area contributed by atoms with Gasteiger partial charge in [0.1, 0.15) is 0 Å². The molecule has 94 valence electrons. The lowest BCUT2D eigenvalue weighted by Crippen LogP contribution is -2.14. The molecule has 0 atom stereocenters. The van der Waals surface area contributed by atoms with Gasteiger partial charge in [-0.2, -0.15) is 5.10 Å². The molecule has 2 rings (SSSR count). The van der Waals surface area contributed by atoms with E-state index in [2.05, 4.69) is 21.0 Å². The van der Waals surface area contributed by atoms with Gasteiger partial charge in [0.05, 0.1) is 17.8 Å². The van der Waals surface area contributed by atoms with Crippen LogP contribution in [0.5, 0.6) is 0 Å². The molecule has 1 heterocycles. The predicted octanol–water partition coefficient (Wildman–Crippen LogP) is 2.28. The minimum atomic E-state index is -0.337. The van der Waals surface area contributed by atoms with Crippen molar-refractivity contribution in [2.75, 3.05) is 0 Å². The normalized spacial score (nSPS) is 10.6. The number of hydrogen-bond acceptors (Lipinski definition) is 2. The van der Waals surface area contributed by atoms with E-state index in [1.54, 1.807) is 0 Å². The molecule has 4 nitrogen and oxygen atoms in total. The minimum Gasteiger partial charge on any atom is -0.369 e. The summed E-state index contributed by atoms with van der Waals surface area (Å²) in [6, 6.07) is 7.86. The summed E-state index contributed by atoms with van der Waals surface area (Å²) in [7, 11) is 0. The summed E-state index contributed by atoms with van der Waals surface area (Å²) in [4.78, 5) is 11.0. The van der Waals surface area contributed by atoms with E-state index in [0.29, 0.717) is 0 Å². The third-order valence-corrected chi connectivity index (χ3v) is 3.39. The second kappa shape index (κ2) is 4.94. The van der Waals surface area contributed by atoms with E-state index in [-0.39, 0.29) is 12.3 Å². The van der Waals surface area contributed by atoms with Gasteiger partial charge in [-0.15, -0.1) is 0 Å². The van der Waals surface area contributed by atoms with E-state index in [0.717, 1.165) is 27.1 Å². The van der Waals surface area contributed by atoms with Crippen LogP contribution in [0.4, 0.5) is 0 Å². The van der Waals surface area contributed by atoms with Gasteiger partial charge in [-0.25, -0.2) is 4.68 Å². The molecule has 0 bridgehead atoms. The largest absolute Gasteiger partial charge is 0.369 e. The van der Waals surface area contributed by atoms with Crippen LogP contribution in [0, 0.1) is 13.8 Å². The molecule has 2 aromatic rings. The monoisotopic (exact) mass is 307 g/mol. The number of hydrogen-bond donors (Lipinski definition) is 1. The van der Waals surface area contributed by atoms with Gasteiger partial charge >= 0.3 is 0 Å². The Balaban J connectivity index is 2.46. The topological polar surface area (TPSA) is 60.9 Å². The maximum absolute atomic E-state index is 11.0. The minimum absolute atomic E-state index is 0.230. The lowest BCUT2D eigenvalue weighted by atomic mass is 10.1. The fraction of sp³-hybridized carbons (Fsp3) is 0.231. The average molecular weight is 308 g/mol. The molecule has 0 saturated carbocycles. The fourth-order valence-electron chi connectivity index (χ4n) is 1.94. The second-order valence-electron chi connectivity index (χ2n) is 4.18. The van der Waals surface area contributed by atoms with Crippen LogP contribution in [-0.4, -0.2) is 15.7 Å². The van der Waals surface area contributed by atoms with Crippen molar-refractivity contribution in [3.63, 3.8) is 0 Å². The molecule has 2 N–H and O–H groups in total. The maximum Gasteiger partial charge on any atom is 0.221 e. The number of halogens is 1. The molecule has 1 aromatic carbocycles. The predicted molar refractivity (Wildman–Crippen MR) is 73.6 cm³/mol. The van der Waals surface area contributed by atoms with Gasteiger partial charge in [-0.1, -0.05) is 15.9 Å². The van der Waals surface area contributed by atoms with Crippen LogP contribution in [0.1, 0.15) is 17.0 Å². The molecule has 0 unspecified atom stereocenters. The van der Waals surface area contributed by atoms with E-state index in [1.165, 1.54) is 0 Å². The molecular weight excluding hydrogens is 294 g/mol. The lowest BCUT2D eigenvalue weighted by Gasteiger charge is -2.05. The van der Waals surface area contributed by atoms with Crippen molar-refractivity contribution in [2.45, 2.75) is 20.3 Å². The molecule has 0 aliphatic carbocycles. The van der Waals surface area contributed by atoms with Gasteiger partial charge in [0.25, 0.3) is 0 Å². The molecule has 5 heteroatoms. The Kier molecular flexibility index (Phi) is 3.52. The first kappa shape index (κ1) is 12.8. The number of aryl methyl sites for hydroxylation is 1. The number of benzene rings is 1. The number of carbonyl (C=O) groups excluding carboxylic acids is 1. The summed E-state index contributed by atoms with van der Waals surface area (Å²) >= 11 is 3.40. The molecule has 0 radical (unpaired) electrons. The highest BCUT2D eigenvalue weighted by atomic mass is 79.9. The van der Waals surface area contributed by atoms with Gasteiger partial charge < -0.3 is 5.73 Å². The molecule has 1 aromatic heterocycles. The Labute approximate surface area is 114 Å². The summed E-state index contributed by atoms with van der Waals surface area (Å²) in [5.74, 6) is -0.337. The molecule has 0 saturated heterocycles. The molecule has 18 heavy (non-hydrogen) atoms. The second-order valence-corrected chi connectivity index (χ2v) is 5.10. The van der Waals surface area contributed by atoms with E-state index in [9.17, 15) is 4.79 Å². The van der Waals surface area contributed by atoms with E-state index >= 15 is 0 Å². The first-order valence-corrected chi connectivity index (χ1v) is 6.37. The van der Waals surface area contributed by atoms with Gasteiger partial charge in [0.2, 0.25) is 5.91 Å². The molecule has 0 aliphatic rings. The zero-order valence-electron chi connectivity index (χ0n) is 10.3. The van der Waals surface area contributed by atoms with Crippen molar-refractivity contribution in [3.8, 4) is 5.69 Å². The Morgan fingerprint density at radius 2 is 1.94 bits per heavy atom. The first-order valence-electron chi connectivity index (χ1n) is 5.58. The Morgan fingerprint density at radius 1 is 1.33 bits per heavy atom. The molecule has 0 aliphatic heterocycles. The summed E-state index contributed by atoms with van der Waals surface area (Å²) < 4.78 is 2.85. The van der Waals surface area contributed by atoms with Crippen LogP contribution >= 0.6 is 15.9 Å². The van der Waals surface area contributed by atoms with Crippen LogP contribution in [-0.2, 0) is 11.2 Å². The zero-order valence-corrected chi connectivity index (χ0v) is 11.9. The third-order valence-electron chi connectivity index (χ3n) is 2.86. The Bertz CT molecular complexity index is 587. The number of rotatable bonds is 3. The standard InChI is InChI=1S/C13H14BrN3O/c1-8-12(7-13(15)18)9(2)17(16-8)11-5-3-10(14)4-6-11/h3-6H,7H2,1-2H3,(H2,15,18). The molecule has 0 spiro atoms. The summed E-state index contributed by atoms with van der Waals surface area (Å²) in [5, 5.41) is 4.46. The SMILES string of the molecule is Cc1nn(-c2ccc(Br)cc2)c(C)c1CC(N)=O. The lowest BCUT2D eigenvalue weighted by molar-refractivity contribution is -0.117. The maximum atomic E-state index is 11.0. The Hall–Kier alpha value is -1.62. The zero-order chi connectivity index (χ0) is 13.3. The van der Waals surface area contributed by atoms with Crippen molar-refractivity contribution in [3.05, 3.63) is 45.7 Å². The van der Waals surface area contributed by atoms with Gasteiger partial charge in [-0.3, -0.25) is 4.79 Å². The van der Waals surface area contributed by atoms with Gasteiger partial charge in [0, 0.05) is 15.7 Å². The van der Waals surface area contributed by atoms with Crippen LogP contribution < -0.4 is 5.73 Å². The fourth-order valence-corrected chi connectivity index (χ4v) is 2.20. The van der Waals surface area contributed by atoms with E-state index in [1.807, 2.05) is 42.8 Å². The number of amides is 1. The number of primary amides is 1. The number of aromatic nitrogens is 2. The van der Waals surface area contributed by atoms with Crippen LogP contribution in [0.3, 0.4) is 0 Å². The van der Waals surface area contributed by atoms with Crippen molar-refractivity contribution >= 4 is 21.8 Å². The van der Waals surface area contributed by atoms with Crippen LogP contribution in [0.2, 0.25) is 0 Å².